The molecule has 1 aromatic rings. The molecule has 0 aromatic heterocycles. The van der Waals surface area contributed by atoms with Crippen molar-refractivity contribution in [3.05, 3.63) is 35.4 Å². The lowest BCUT2D eigenvalue weighted by atomic mass is 9.76. The molecule has 0 radical (unpaired) electrons. The van der Waals surface area contributed by atoms with Gasteiger partial charge in [0, 0.05) is 35.7 Å². The molecule has 3 heteroatoms. The van der Waals surface area contributed by atoms with Crippen molar-refractivity contribution in [3.8, 4) is 0 Å². The highest BCUT2D eigenvalue weighted by Gasteiger charge is 2.41. The van der Waals surface area contributed by atoms with Crippen molar-refractivity contribution < 1.29 is 0 Å². The summed E-state index contributed by atoms with van der Waals surface area (Å²) in [6.07, 6.45) is 3.52. The fourth-order valence-corrected chi connectivity index (χ4v) is 5.25. The SMILES string of the molecule is CC1CN(C2(CN)CCc3ccccc3C2)CC(C)S1. The first-order chi connectivity index (χ1) is 9.63. The van der Waals surface area contributed by atoms with Gasteiger partial charge < -0.3 is 5.73 Å². The smallest absolute Gasteiger partial charge is 0.0376 e. The minimum atomic E-state index is 0.192. The van der Waals surface area contributed by atoms with Crippen LogP contribution in [-0.4, -0.2) is 40.6 Å². The van der Waals surface area contributed by atoms with E-state index in [1.165, 1.54) is 37.1 Å². The second-order valence-corrected chi connectivity index (χ2v) is 8.42. The zero-order valence-corrected chi connectivity index (χ0v) is 13.5. The molecular weight excluding hydrogens is 264 g/mol. The predicted octanol–water partition coefficient (Wildman–Crippen LogP) is 2.70. The van der Waals surface area contributed by atoms with Crippen molar-refractivity contribution in [1.29, 1.82) is 0 Å². The molecule has 2 N–H and O–H groups in total. The molecular formula is C17H26N2S. The Bertz CT molecular complexity index is 466. The van der Waals surface area contributed by atoms with Crippen LogP contribution in [0.3, 0.4) is 0 Å². The summed E-state index contributed by atoms with van der Waals surface area (Å²) in [6, 6.07) is 8.91. The number of hydrogen-bond acceptors (Lipinski definition) is 3. The van der Waals surface area contributed by atoms with E-state index in [1.54, 1.807) is 0 Å². The van der Waals surface area contributed by atoms with E-state index in [1.807, 2.05) is 0 Å². The quantitative estimate of drug-likeness (QED) is 0.908. The zero-order chi connectivity index (χ0) is 14.2. The number of hydrogen-bond donors (Lipinski definition) is 1. The lowest BCUT2D eigenvalue weighted by Gasteiger charge is -2.50. The van der Waals surface area contributed by atoms with Crippen molar-refractivity contribution in [1.82, 2.24) is 4.90 Å². The van der Waals surface area contributed by atoms with Crippen molar-refractivity contribution >= 4 is 11.8 Å². The first-order valence-corrected chi connectivity index (χ1v) is 8.74. The monoisotopic (exact) mass is 290 g/mol. The third-order valence-corrected chi connectivity index (χ3v) is 6.20. The van der Waals surface area contributed by atoms with Crippen molar-refractivity contribution in [2.24, 2.45) is 5.73 Å². The van der Waals surface area contributed by atoms with E-state index >= 15 is 0 Å². The Hall–Kier alpha value is -0.510. The van der Waals surface area contributed by atoms with E-state index in [9.17, 15) is 0 Å². The molecule has 0 saturated carbocycles. The molecule has 1 aliphatic carbocycles. The van der Waals surface area contributed by atoms with Crippen molar-refractivity contribution in [3.63, 3.8) is 0 Å². The summed E-state index contributed by atoms with van der Waals surface area (Å²) in [5, 5.41) is 1.44. The van der Waals surface area contributed by atoms with Gasteiger partial charge in [0.05, 0.1) is 0 Å². The van der Waals surface area contributed by atoms with Gasteiger partial charge in [0.2, 0.25) is 0 Å². The summed E-state index contributed by atoms with van der Waals surface area (Å²) in [7, 11) is 0. The molecule has 1 aromatic carbocycles. The molecule has 2 nitrogen and oxygen atoms in total. The third kappa shape index (κ3) is 2.63. The van der Waals surface area contributed by atoms with Crippen LogP contribution in [0.5, 0.6) is 0 Å². The molecule has 1 saturated heterocycles. The number of thioether (sulfide) groups is 1. The zero-order valence-electron chi connectivity index (χ0n) is 12.6. The average Bonchev–Trinajstić information content (AvgIpc) is 2.45. The maximum Gasteiger partial charge on any atom is 0.0376 e. The molecule has 0 bridgehead atoms. The Morgan fingerprint density at radius 3 is 2.50 bits per heavy atom. The molecule has 20 heavy (non-hydrogen) atoms. The van der Waals surface area contributed by atoms with Gasteiger partial charge in [-0.3, -0.25) is 4.90 Å². The number of fused-ring (bicyclic) bond motifs is 1. The third-order valence-electron chi connectivity index (χ3n) is 4.97. The molecule has 3 rings (SSSR count). The van der Waals surface area contributed by atoms with Crippen molar-refractivity contribution in [2.45, 2.75) is 49.1 Å². The molecule has 3 atom stereocenters. The second-order valence-electron chi connectivity index (χ2n) is 6.54. The van der Waals surface area contributed by atoms with Crippen LogP contribution >= 0.6 is 11.8 Å². The largest absolute Gasteiger partial charge is 0.329 e. The Morgan fingerprint density at radius 1 is 1.20 bits per heavy atom. The maximum atomic E-state index is 6.27. The summed E-state index contributed by atoms with van der Waals surface area (Å²) >= 11 is 2.12. The molecule has 1 heterocycles. The number of nitrogens with two attached hydrogens (primary N) is 1. The number of nitrogens with zero attached hydrogens (tertiary/aromatic N) is 1. The van der Waals surface area contributed by atoms with Gasteiger partial charge in [-0.05, 0) is 30.4 Å². The standard InChI is InChI=1S/C17H26N2S/c1-13-10-19(11-14(2)20-13)17(12-18)8-7-15-5-3-4-6-16(15)9-17/h3-6,13-14H,7-12,18H2,1-2H3. The Kier molecular flexibility index (Phi) is 4.11. The van der Waals surface area contributed by atoms with Gasteiger partial charge in [-0.15, -0.1) is 0 Å². The van der Waals surface area contributed by atoms with Gasteiger partial charge in [0.1, 0.15) is 0 Å². The van der Waals surface area contributed by atoms with Crippen LogP contribution in [-0.2, 0) is 12.8 Å². The number of rotatable bonds is 2. The summed E-state index contributed by atoms with van der Waals surface area (Å²) in [4.78, 5) is 2.70. The predicted molar refractivity (Wildman–Crippen MR) is 88.3 cm³/mol. The van der Waals surface area contributed by atoms with Crippen LogP contribution in [0.15, 0.2) is 24.3 Å². The normalized spacial score (nSPS) is 34.8. The lowest BCUT2D eigenvalue weighted by Crippen LogP contribution is -2.61. The van der Waals surface area contributed by atoms with E-state index in [-0.39, 0.29) is 5.54 Å². The van der Waals surface area contributed by atoms with Gasteiger partial charge in [-0.25, -0.2) is 0 Å². The first kappa shape index (κ1) is 14.4. The van der Waals surface area contributed by atoms with Gasteiger partial charge >= 0.3 is 0 Å². The fraction of sp³-hybridized carbons (Fsp3) is 0.647. The minimum absolute atomic E-state index is 0.192. The summed E-state index contributed by atoms with van der Waals surface area (Å²) in [5.74, 6) is 0. The van der Waals surface area contributed by atoms with E-state index in [2.05, 4.69) is 54.8 Å². The highest BCUT2D eigenvalue weighted by molar-refractivity contribution is 8.00. The summed E-state index contributed by atoms with van der Waals surface area (Å²) < 4.78 is 0. The highest BCUT2D eigenvalue weighted by atomic mass is 32.2. The van der Waals surface area contributed by atoms with Crippen molar-refractivity contribution in [2.75, 3.05) is 19.6 Å². The van der Waals surface area contributed by atoms with E-state index in [0.29, 0.717) is 0 Å². The molecule has 3 unspecified atom stereocenters. The van der Waals surface area contributed by atoms with Crippen LogP contribution in [0.1, 0.15) is 31.4 Å². The molecule has 1 aliphatic heterocycles. The first-order valence-electron chi connectivity index (χ1n) is 7.80. The van der Waals surface area contributed by atoms with Crippen LogP contribution < -0.4 is 5.73 Å². The van der Waals surface area contributed by atoms with E-state index in [0.717, 1.165) is 23.5 Å². The van der Waals surface area contributed by atoms with E-state index in [4.69, 9.17) is 5.73 Å². The minimum Gasteiger partial charge on any atom is -0.329 e. The van der Waals surface area contributed by atoms with Gasteiger partial charge in [-0.2, -0.15) is 11.8 Å². The molecule has 0 spiro atoms. The number of aryl methyl sites for hydroxylation is 1. The van der Waals surface area contributed by atoms with Crippen LogP contribution in [0, 0.1) is 0 Å². The maximum absolute atomic E-state index is 6.27. The van der Waals surface area contributed by atoms with Gasteiger partial charge in [-0.1, -0.05) is 38.1 Å². The van der Waals surface area contributed by atoms with E-state index < -0.39 is 0 Å². The Morgan fingerprint density at radius 2 is 1.85 bits per heavy atom. The van der Waals surface area contributed by atoms with Gasteiger partial charge in [0.15, 0.2) is 0 Å². The second kappa shape index (κ2) is 5.70. The van der Waals surface area contributed by atoms with Crippen LogP contribution in [0.25, 0.3) is 0 Å². The topological polar surface area (TPSA) is 29.3 Å². The van der Waals surface area contributed by atoms with Crippen LogP contribution in [0.4, 0.5) is 0 Å². The molecule has 1 fully saturated rings. The highest BCUT2D eigenvalue weighted by Crippen LogP contribution is 2.37. The molecule has 0 amide bonds. The summed E-state index contributed by atoms with van der Waals surface area (Å²) in [6.45, 7) is 7.87. The Balaban J connectivity index is 1.86. The average molecular weight is 290 g/mol. The number of benzene rings is 1. The van der Waals surface area contributed by atoms with Gasteiger partial charge in [0.25, 0.3) is 0 Å². The Labute approximate surface area is 127 Å². The molecule has 110 valence electrons. The summed E-state index contributed by atoms with van der Waals surface area (Å²) in [5.41, 5.74) is 9.51. The van der Waals surface area contributed by atoms with Crippen LogP contribution in [0.2, 0.25) is 0 Å². The molecule has 2 aliphatic rings. The fourth-order valence-electron chi connectivity index (χ4n) is 3.92. The lowest BCUT2D eigenvalue weighted by molar-refractivity contribution is 0.0774.